The lowest BCUT2D eigenvalue weighted by molar-refractivity contribution is -0.149. The zero-order valence-electron chi connectivity index (χ0n) is 18.5. The molecule has 9 nitrogen and oxygen atoms in total. The number of nitrogens with zero attached hydrogens (tertiary/aromatic N) is 1. The van der Waals surface area contributed by atoms with E-state index in [1.807, 2.05) is 0 Å². The third-order valence-corrected chi connectivity index (χ3v) is 5.64. The third kappa shape index (κ3) is 8.67. The van der Waals surface area contributed by atoms with Crippen molar-refractivity contribution >= 4 is 20.4 Å². The minimum Gasteiger partial charge on any atom is -0.506 e. The fourth-order valence-electron chi connectivity index (χ4n) is 2.31. The molecule has 0 fully saturated rings. The quantitative estimate of drug-likeness (QED) is 0.143. The van der Waals surface area contributed by atoms with Gasteiger partial charge in [-0.15, -0.1) is 0 Å². The minimum atomic E-state index is -4.06. The van der Waals surface area contributed by atoms with E-state index in [1.54, 1.807) is 51.1 Å². The summed E-state index contributed by atoms with van der Waals surface area (Å²) in [5.74, 6) is -0.604. The molecule has 1 unspecified atom stereocenters. The Bertz CT molecular complexity index is 866. The van der Waals surface area contributed by atoms with Crippen LogP contribution < -0.4 is 9.61 Å². The molecule has 3 N–H and O–H groups in total. The van der Waals surface area contributed by atoms with Gasteiger partial charge < -0.3 is 19.5 Å². The van der Waals surface area contributed by atoms with Crippen LogP contribution in [0.25, 0.3) is 0 Å². The van der Waals surface area contributed by atoms with E-state index >= 15 is 0 Å². The Morgan fingerprint density at radius 1 is 1.23 bits per heavy atom. The number of allylic oxidation sites excluding steroid dienone is 1. The summed E-state index contributed by atoms with van der Waals surface area (Å²) >= 11 is 0. The van der Waals surface area contributed by atoms with Crippen molar-refractivity contribution in [1.82, 2.24) is 5.09 Å². The second kappa shape index (κ2) is 12.4. The van der Waals surface area contributed by atoms with Crippen molar-refractivity contribution in [2.45, 2.75) is 46.8 Å². The van der Waals surface area contributed by atoms with Crippen LogP contribution in [-0.2, 0) is 18.6 Å². The van der Waals surface area contributed by atoms with Gasteiger partial charge in [0.25, 0.3) is 0 Å². The van der Waals surface area contributed by atoms with Crippen molar-refractivity contribution < 1.29 is 33.4 Å². The summed E-state index contributed by atoms with van der Waals surface area (Å²) < 4.78 is 29.6. The van der Waals surface area contributed by atoms with Crippen molar-refractivity contribution in [3.8, 4) is 5.75 Å². The van der Waals surface area contributed by atoms with Gasteiger partial charge in [-0.05, 0) is 59.0 Å². The molecule has 10 heteroatoms. The summed E-state index contributed by atoms with van der Waals surface area (Å²) in [4.78, 5) is 15.8. The number of hydrogen-bond donors (Lipinski definition) is 3. The highest BCUT2D eigenvalue weighted by molar-refractivity contribution is 7.52. The molecule has 0 amide bonds. The van der Waals surface area contributed by atoms with Crippen molar-refractivity contribution in [2.24, 2.45) is 4.99 Å². The Morgan fingerprint density at radius 2 is 1.84 bits per heavy atom. The molecule has 0 radical (unpaired) electrons. The predicted molar refractivity (Wildman–Crippen MR) is 119 cm³/mol. The Balaban J connectivity index is 3.14. The maximum absolute atomic E-state index is 13.4. The highest BCUT2D eigenvalue weighted by atomic mass is 31.2. The van der Waals surface area contributed by atoms with E-state index < -0.39 is 26.4 Å². The maximum Gasteiger partial charge on any atom is 0.459 e. The first-order chi connectivity index (χ1) is 14.5. The highest BCUT2D eigenvalue weighted by Crippen LogP contribution is 2.45. The van der Waals surface area contributed by atoms with Crippen LogP contribution in [0.4, 0.5) is 0 Å². The number of aliphatic hydroxyl groups is 2. The number of benzene rings is 1. The number of ether oxygens (including phenoxy) is 1. The molecule has 2 atom stereocenters. The van der Waals surface area contributed by atoms with E-state index in [0.717, 1.165) is 0 Å². The van der Waals surface area contributed by atoms with E-state index in [9.17, 15) is 19.6 Å². The van der Waals surface area contributed by atoms with Gasteiger partial charge in [0.15, 0.2) is 0 Å². The molecular formula is C21H31N2O7P. The van der Waals surface area contributed by atoms with Crippen LogP contribution in [0.2, 0.25) is 0 Å². The molecule has 0 aliphatic heterocycles. The van der Waals surface area contributed by atoms with E-state index in [0.29, 0.717) is 5.57 Å². The highest BCUT2D eigenvalue weighted by Gasteiger charge is 2.33. The predicted octanol–water partition coefficient (Wildman–Crippen LogP) is 3.92. The van der Waals surface area contributed by atoms with Gasteiger partial charge in [-0.2, -0.15) is 5.09 Å². The lowest BCUT2D eigenvalue weighted by Gasteiger charge is -2.24. The third-order valence-electron chi connectivity index (χ3n) is 4.02. The number of nitrogens with one attached hydrogen (secondary N) is 1. The summed E-state index contributed by atoms with van der Waals surface area (Å²) in [6, 6.07) is 7.34. The molecule has 172 valence electrons. The first-order valence-electron chi connectivity index (χ1n) is 9.66. The summed E-state index contributed by atoms with van der Waals surface area (Å²) in [6.07, 6.45) is -0.346. The fourth-order valence-corrected chi connectivity index (χ4v) is 3.83. The molecule has 31 heavy (non-hydrogen) atoms. The molecule has 0 bridgehead atoms. The Kier molecular flexibility index (Phi) is 10.6. The Hall–Kier alpha value is -2.45. The van der Waals surface area contributed by atoms with Crippen LogP contribution in [0, 0.1) is 0 Å². The molecule has 0 saturated carbocycles. The molecule has 0 aliphatic rings. The Morgan fingerprint density at radius 3 is 2.35 bits per heavy atom. The lowest BCUT2D eigenvalue weighted by atomic mass is 10.1. The van der Waals surface area contributed by atoms with Gasteiger partial charge in [0.2, 0.25) is 0 Å². The van der Waals surface area contributed by atoms with Crippen molar-refractivity contribution in [1.29, 1.82) is 0 Å². The van der Waals surface area contributed by atoms with Crippen molar-refractivity contribution in [3.05, 3.63) is 52.9 Å². The number of hydrogen-bond acceptors (Lipinski definition) is 8. The number of aliphatic imine (C=N–C) groups is 1. The van der Waals surface area contributed by atoms with E-state index in [4.69, 9.17) is 13.8 Å². The second-order valence-electron chi connectivity index (χ2n) is 7.02. The van der Waals surface area contributed by atoms with E-state index in [2.05, 4.69) is 16.8 Å². The smallest absolute Gasteiger partial charge is 0.459 e. The zero-order valence-corrected chi connectivity index (χ0v) is 19.4. The summed E-state index contributed by atoms with van der Waals surface area (Å²) in [7, 11) is -4.06. The molecule has 1 aromatic carbocycles. The summed E-state index contributed by atoms with van der Waals surface area (Å²) in [6.45, 7) is 10.6. The van der Waals surface area contributed by atoms with Gasteiger partial charge >= 0.3 is 13.7 Å². The Labute approximate surface area is 183 Å². The van der Waals surface area contributed by atoms with Crippen LogP contribution in [0.5, 0.6) is 5.75 Å². The average molecular weight is 454 g/mol. The normalized spacial score (nSPS) is 16.0. The van der Waals surface area contributed by atoms with Crippen LogP contribution in [0.15, 0.2) is 57.9 Å². The van der Waals surface area contributed by atoms with Crippen molar-refractivity contribution in [3.63, 3.8) is 0 Å². The average Bonchev–Trinajstić information content (AvgIpc) is 2.72. The molecule has 0 aliphatic carbocycles. The standard InChI is InChI=1S/C21H31N2O7P/c1-14(2)29-21(26)17(5)23-31(27,30-18-10-8-7-9-11-18)28-13-15(3)19(12-24)20(25)16(4)22-6/h7-11,14,17,24-25H,6,12-13H2,1-5H3,(H,23,27)/b19-15+,20-16+/t17-,31?/m1/s1. The topological polar surface area (TPSA) is 127 Å². The molecule has 0 aromatic heterocycles. The van der Waals surface area contributed by atoms with Crippen LogP contribution >= 0.6 is 7.75 Å². The number of carbonyl (C=O) groups is 1. The van der Waals surface area contributed by atoms with Gasteiger partial charge in [0.05, 0.1) is 25.0 Å². The largest absolute Gasteiger partial charge is 0.506 e. The lowest BCUT2D eigenvalue weighted by Crippen LogP contribution is -2.36. The van der Waals surface area contributed by atoms with Gasteiger partial charge in [0.1, 0.15) is 17.6 Å². The fraction of sp³-hybridized carbons (Fsp3) is 0.429. The van der Waals surface area contributed by atoms with E-state index in [1.165, 1.54) is 13.8 Å². The number of esters is 1. The maximum atomic E-state index is 13.4. The molecule has 0 saturated heterocycles. The summed E-state index contributed by atoms with van der Waals surface area (Å²) in [5.41, 5.74) is 0.762. The van der Waals surface area contributed by atoms with Gasteiger partial charge in [-0.1, -0.05) is 18.2 Å². The first kappa shape index (κ1) is 26.6. The monoisotopic (exact) mass is 454 g/mol. The van der Waals surface area contributed by atoms with Gasteiger partial charge in [-0.3, -0.25) is 14.3 Å². The molecular weight excluding hydrogens is 423 g/mol. The number of carbonyl (C=O) groups excluding carboxylic acids is 1. The van der Waals surface area contributed by atoms with Crippen LogP contribution in [0.3, 0.4) is 0 Å². The van der Waals surface area contributed by atoms with Crippen LogP contribution in [0.1, 0.15) is 34.6 Å². The summed E-state index contributed by atoms with van der Waals surface area (Å²) in [5, 5.41) is 22.4. The van der Waals surface area contributed by atoms with Gasteiger partial charge in [-0.25, -0.2) is 4.57 Å². The van der Waals surface area contributed by atoms with Crippen LogP contribution in [-0.4, -0.2) is 48.3 Å². The molecule has 0 heterocycles. The number of para-hydroxylation sites is 1. The van der Waals surface area contributed by atoms with Gasteiger partial charge in [0, 0.05) is 5.57 Å². The SMILES string of the molecule is C=N/C(C)=C(O)\C(CO)=C(/C)COP(=O)(N[C@H](C)C(=O)OC(C)C)Oc1ccccc1. The molecule has 1 rings (SSSR count). The number of rotatable bonds is 12. The molecule has 0 spiro atoms. The minimum absolute atomic E-state index is 0.156. The van der Waals surface area contributed by atoms with Crippen molar-refractivity contribution in [2.75, 3.05) is 13.2 Å². The first-order valence-corrected chi connectivity index (χ1v) is 11.2. The second-order valence-corrected chi connectivity index (χ2v) is 8.71. The number of aliphatic hydroxyl groups excluding tert-OH is 2. The van der Waals surface area contributed by atoms with E-state index in [-0.39, 0.29) is 35.5 Å². The zero-order chi connectivity index (χ0) is 23.6. The molecule has 1 aromatic rings.